The number of hydrogen-bond acceptors (Lipinski definition) is 4. The van der Waals surface area contributed by atoms with E-state index in [0.29, 0.717) is 16.5 Å². The Bertz CT molecular complexity index is 764. The van der Waals surface area contributed by atoms with Crippen molar-refractivity contribution >= 4 is 31.5 Å². The third-order valence-electron chi connectivity index (χ3n) is 2.68. The Labute approximate surface area is 101 Å². The van der Waals surface area contributed by atoms with E-state index in [9.17, 15) is 4.79 Å². The van der Waals surface area contributed by atoms with Gasteiger partial charge in [-0.25, -0.2) is 0 Å². The van der Waals surface area contributed by atoms with Crippen LogP contribution in [0, 0.1) is 0 Å². The molecule has 0 amide bonds. The molecular weight excluding hydrogens is 234 g/mol. The van der Waals surface area contributed by atoms with Gasteiger partial charge in [0.25, 0.3) is 0 Å². The van der Waals surface area contributed by atoms with Crippen molar-refractivity contribution in [1.82, 2.24) is 4.98 Å². The summed E-state index contributed by atoms with van der Waals surface area (Å²) in [7, 11) is 1.60. The van der Waals surface area contributed by atoms with E-state index < -0.39 is 0 Å². The van der Waals surface area contributed by atoms with Gasteiger partial charge in [-0.05, 0) is 24.3 Å². The first kappa shape index (κ1) is 10.2. The molecule has 2 heterocycles. The monoisotopic (exact) mass is 243 g/mol. The molecular formula is C13H9NO2S. The van der Waals surface area contributed by atoms with Gasteiger partial charge in [0.15, 0.2) is 5.43 Å². The Morgan fingerprint density at radius 3 is 2.88 bits per heavy atom. The molecule has 0 aliphatic rings. The predicted octanol–water partition coefficient (Wildman–Crippen LogP) is 2.82. The summed E-state index contributed by atoms with van der Waals surface area (Å²) in [5, 5.41) is 1.42. The first-order chi connectivity index (χ1) is 8.29. The van der Waals surface area contributed by atoms with Crippen molar-refractivity contribution in [2.75, 3.05) is 7.11 Å². The van der Waals surface area contributed by atoms with Gasteiger partial charge < -0.3 is 4.74 Å². The molecule has 0 aliphatic heterocycles. The third kappa shape index (κ3) is 1.57. The number of pyridine rings is 1. The summed E-state index contributed by atoms with van der Waals surface area (Å²) in [5.74, 6) is 0.704. The van der Waals surface area contributed by atoms with Gasteiger partial charge in [-0.2, -0.15) is 0 Å². The number of benzene rings is 1. The normalized spacial score (nSPS) is 10.9. The van der Waals surface area contributed by atoms with Crippen molar-refractivity contribution in [2.45, 2.75) is 0 Å². The SMILES string of the molecule is COc1ccc2sc3cnccc3c(=O)c2c1. The van der Waals surface area contributed by atoms with Crippen LogP contribution in [0.25, 0.3) is 20.2 Å². The van der Waals surface area contributed by atoms with E-state index in [4.69, 9.17) is 4.74 Å². The van der Waals surface area contributed by atoms with Gasteiger partial charge in [-0.1, -0.05) is 0 Å². The van der Waals surface area contributed by atoms with Crippen molar-refractivity contribution in [3.8, 4) is 5.75 Å². The van der Waals surface area contributed by atoms with E-state index in [2.05, 4.69) is 4.98 Å². The lowest BCUT2D eigenvalue weighted by Gasteiger charge is -2.03. The van der Waals surface area contributed by atoms with Crippen LogP contribution >= 0.6 is 11.3 Å². The highest BCUT2D eigenvalue weighted by Crippen LogP contribution is 2.26. The average Bonchev–Trinajstić information content (AvgIpc) is 2.39. The summed E-state index contributed by atoms with van der Waals surface area (Å²) in [6.07, 6.45) is 3.37. The van der Waals surface area contributed by atoms with E-state index in [1.165, 1.54) is 0 Å². The van der Waals surface area contributed by atoms with Crippen molar-refractivity contribution in [1.29, 1.82) is 0 Å². The van der Waals surface area contributed by atoms with Crippen LogP contribution in [0.1, 0.15) is 0 Å². The summed E-state index contributed by atoms with van der Waals surface area (Å²) in [5.41, 5.74) is 0.0371. The molecule has 0 spiro atoms. The summed E-state index contributed by atoms with van der Waals surface area (Å²) >= 11 is 1.57. The van der Waals surface area contributed by atoms with Gasteiger partial charge in [0, 0.05) is 27.9 Å². The van der Waals surface area contributed by atoms with Crippen molar-refractivity contribution in [3.05, 3.63) is 46.9 Å². The number of ether oxygens (including phenoxy) is 1. The highest BCUT2D eigenvalue weighted by atomic mass is 32.1. The van der Waals surface area contributed by atoms with E-state index in [-0.39, 0.29) is 5.43 Å². The minimum Gasteiger partial charge on any atom is -0.497 e. The zero-order valence-corrected chi connectivity index (χ0v) is 9.95. The van der Waals surface area contributed by atoms with Crippen molar-refractivity contribution in [3.63, 3.8) is 0 Å². The standard InChI is InChI=1S/C13H9NO2S/c1-16-8-2-3-11-10(6-8)13(15)9-4-5-14-7-12(9)17-11/h2-7H,1H3. The fourth-order valence-corrected chi connectivity index (χ4v) is 2.83. The number of fused-ring (bicyclic) bond motifs is 2. The predicted molar refractivity (Wildman–Crippen MR) is 69.9 cm³/mol. The zero-order chi connectivity index (χ0) is 11.8. The Balaban J connectivity index is 2.51. The Hall–Kier alpha value is -1.94. The van der Waals surface area contributed by atoms with E-state index in [1.807, 2.05) is 12.1 Å². The minimum absolute atomic E-state index is 0.0371. The maximum absolute atomic E-state index is 12.3. The van der Waals surface area contributed by atoms with Gasteiger partial charge in [-0.3, -0.25) is 9.78 Å². The molecule has 0 saturated carbocycles. The molecule has 4 heteroatoms. The van der Waals surface area contributed by atoms with Gasteiger partial charge in [-0.15, -0.1) is 11.3 Å². The van der Waals surface area contributed by atoms with Crippen LogP contribution in [0.15, 0.2) is 41.5 Å². The lowest BCUT2D eigenvalue weighted by atomic mass is 10.2. The van der Waals surface area contributed by atoms with Crippen LogP contribution < -0.4 is 10.2 Å². The molecule has 0 fully saturated rings. The number of hydrogen-bond donors (Lipinski definition) is 0. The molecule has 0 unspecified atom stereocenters. The van der Waals surface area contributed by atoms with Crippen molar-refractivity contribution < 1.29 is 4.74 Å². The second kappa shape index (κ2) is 3.82. The summed E-state index contributed by atoms with van der Waals surface area (Å²) in [6, 6.07) is 7.31. The lowest BCUT2D eigenvalue weighted by molar-refractivity contribution is 0.415. The highest BCUT2D eigenvalue weighted by molar-refractivity contribution is 7.24. The molecule has 3 rings (SSSR count). The highest BCUT2D eigenvalue weighted by Gasteiger charge is 2.06. The second-order valence-electron chi connectivity index (χ2n) is 3.67. The van der Waals surface area contributed by atoms with Gasteiger partial charge in [0.2, 0.25) is 0 Å². The topological polar surface area (TPSA) is 39.2 Å². The molecule has 0 atom stereocenters. The van der Waals surface area contributed by atoms with Gasteiger partial charge in [0.05, 0.1) is 11.8 Å². The van der Waals surface area contributed by atoms with E-state index >= 15 is 0 Å². The number of nitrogens with zero attached hydrogens (tertiary/aromatic N) is 1. The zero-order valence-electron chi connectivity index (χ0n) is 9.14. The van der Waals surface area contributed by atoms with Crippen LogP contribution in [0.5, 0.6) is 5.75 Å². The lowest BCUT2D eigenvalue weighted by Crippen LogP contribution is -2.01. The Kier molecular flexibility index (Phi) is 2.30. The van der Waals surface area contributed by atoms with Gasteiger partial charge >= 0.3 is 0 Å². The third-order valence-corrected chi connectivity index (χ3v) is 3.80. The molecule has 3 aromatic rings. The number of rotatable bonds is 1. The fraction of sp³-hybridized carbons (Fsp3) is 0.0769. The summed E-state index contributed by atoms with van der Waals surface area (Å²) < 4.78 is 7.01. The van der Waals surface area contributed by atoms with E-state index in [1.54, 1.807) is 43.0 Å². The second-order valence-corrected chi connectivity index (χ2v) is 4.75. The molecule has 2 aromatic heterocycles. The first-order valence-corrected chi connectivity index (χ1v) is 5.96. The van der Waals surface area contributed by atoms with E-state index in [0.717, 1.165) is 9.40 Å². The molecule has 3 nitrogen and oxygen atoms in total. The number of methoxy groups -OCH3 is 1. The first-order valence-electron chi connectivity index (χ1n) is 5.14. The average molecular weight is 243 g/mol. The van der Waals surface area contributed by atoms with Crippen LogP contribution in [0.4, 0.5) is 0 Å². The molecule has 0 bridgehead atoms. The molecule has 0 saturated heterocycles. The van der Waals surface area contributed by atoms with Crippen LogP contribution in [-0.4, -0.2) is 12.1 Å². The molecule has 0 N–H and O–H groups in total. The smallest absolute Gasteiger partial charge is 0.196 e. The quantitative estimate of drug-likeness (QED) is 0.617. The van der Waals surface area contributed by atoms with Crippen molar-refractivity contribution in [2.24, 2.45) is 0 Å². The largest absolute Gasteiger partial charge is 0.497 e. The molecule has 0 aliphatic carbocycles. The maximum atomic E-state index is 12.3. The Morgan fingerprint density at radius 2 is 2.06 bits per heavy atom. The van der Waals surface area contributed by atoms with Crippen LogP contribution in [0.3, 0.4) is 0 Å². The van der Waals surface area contributed by atoms with Crippen LogP contribution in [0.2, 0.25) is 0 Å². The molecule has 1 aromatic carbocycles. The molecule has 84 valence electrons. The van der Waals surface area contributed by atoms with Gasteiger partial charge in [0.1, 0.15) is 5.75 Å². The summed E-state index contributed by atoms with van der Waals surface area (Å²) in [6.45, 7) is 0. The van der Waals surface area contributed by atoms with Crippen LogP contribution in [-0.2, 0) is 0 Å². The minimum atomic E-state index is 0.0371. The fourth-order valence-electron chi connectivity index (χ4n) is 1.81. The molecule has 17 heavy (non-hydrogen) atoms. The summed E-state index contributed by atoms with van der Waals surface area (Å²) in [4.78, 5) is 16.3. The molecule has 0 radical (unpaired) electrons. The number of aromatic nitrogens is 1. The maximum Gasteiger partial charge on any atom is 0.196 e. The Morgan fingerprint density at radius 1 is 1.18 bits per heavy atom.